The number of hydrogen-bond acceptors (Lipinski definition) is 2. The van der Waals surface area contributed by atoms with Gasteiger partial charge in [0.15, 0.2) is 0 Å². The Morgan fingerprint density at radius 3 is 2.15 bits per heavy atom. The predicted molar refractivity (Wildman–Crippen MR) is 52.7 cm³/mol. The van der Waals surface area contributed by atoms with Crippen LogP contribution < -0.4 is 0 Å². The van der Waals surface area contributed by atoms with Crippen molar-refractivity contribution in [2.24, 2.45) is 0 Å². The molecule has 74 valence electrons. The average Bonchev–Trinajstić information content (AvgIpc) is 2.15. The van der Waals surface area contributed by atoms with Gasteiger partial charge in [-0.3, -0.25) is 4.68 Å². The summed E-state index contributed by atoms with van der Waals surface area (Å²) in [5.41, 5.74) is 2.70. The maximum absolute atomic E-state index is 9.63. The Labute approximate surface area is 79.4 Å². The molecule has 13 heavy (non-hydrogen) atoms. The van der Waals surface area contributed by atoms with Gasteiger partial charge in [0.05, 0.1) is 17.8 Å². The predicted octanol–water partition coefficient (Wildman–Crippen LogP) is 1.58. The number of hydrogen-bond donors (Lipinski definition) is 1. The molecule has 0 aliphatic heterocycles. The molecule has 0 amide bonds. The van der Waals surface area contributed by atoms with Gasteiger partial charge in [0.25, 0.3) is 0 Å². The Kier molecular flexibility index (Phi) is 2.48. The highest BCUT2D eigenvalue weighted by Gasteiger charge is 2.16. The van der Waals surface area contributed by atoms with E-state index in [9.17, 15) is 5.11 Å². The lowest BCUT2D eigenvalue weighted by atomic mass is 10.1. The van der Waals surface area contributed by atoms with Crippen LogP contribution in [0.5, 0.6) is 0 Å². The normalized spacial score (nSPS) is 12.2. The van der Waals surface area contributed by atoms with Gasteiger partial charge in [-0.25, -0.2) is 0 Å². The molecule has 0 atom stereocenters. The van der Waals surface area contributed by atoms with Crippen LogP contribution in [0.3, 0.4) is 0 Å². The first-order chi connectivity index (χ1) is 5.81. The topological polar surface area (TPSA) is 38.0 Å². The summed E-state index contributed by atoms with van der Waals surface area (Å²) in [6, 6.07) is 0. The van der Waals surface area contributed by atoms with E-state index in [-0.39, 0.29) is 0 Å². The van der Waals surface area contributed by atoms with Crippen LogP contribution in [0.4, 0.5) is 0 Å². The van der Waals surface area contributed by atoms with Gasteiger partial charge in [0.2, 0.25) is 0 Å². The zero-order valence-corrected chi connectivity index (χ0v) is 9.05. The first-order valence-corrected chi connectivity index (χ1v) is 4.54. The van der Waals surface area contributed by atoms with Gasteiger partial charge >= 0.3 is 0 Å². The summed E-state index contributed by atoms with van der Waals surface area (Å²) < 4.78 is 1.87. The molecule has 0 radical (unpaired) electrons. The molecule has 3 heteroatoms. The van der Waals surface area contributed by atoms with Crippen molar-refractivity contribution in [1.82, 2.24) is 9.78 Å². The summed E-state index contributed by atoms with van der Waals surface area (Å²) in [6.07, 6.45) is 0. The minimum Gasteiger partial charge on any atom is -0.389 e. The summed E-state index contributed by atoms with van der Waals surface area (Å²) in [6.45, 7) is 10.2. The molecule has 1 N–H and O–H groups in total. The van der Waals surface area contributed by atoms with Crippen molar-refractivity contribution in [3.05, 3.63) is 17.0 Å². The molecule has 0 aliphatic carbocycles. The zero-order chi connectivity index (χ0) is 10.2. The van der Waals surface area contributed by atoms with E-state index in [2.05, 4.69) is 12.0 Å². The molecule has 0 fully saturated rings. The smallest absolute Gasteiger partial charge is 0.0786 e. The van der Waals surface area contributed by atoms with Crippen LogP contribution in [0.15, 0.2) is 0 Å². The second-order valence-electron chi connectivity index (χ2n) is 4.27. The van der Waals surface area contributed by atoms with Crippen molar-refractivity contribution in [2.45, 2.75) is 46.8 Å². The highest BCUT2D eigenvalue weighted by atomic mass is 16.3. The Balaban J connectivity index is 2.97. The van der Waals surface area contributed by atoms with E-state index in [4.69, 9.17) is 0 Å². The lowest BCUT2D eigenvalue weighted by molar-refractivity contribution is 0.0570. The third kappa shape index (κ3) is 2.31. The van der Waals surface area contributed by atoms with Gasteiger partial charge in [-0.1, -0.05) is 0 Å². The van der Waals surface area contributed by atoms with E-state index in [1.807, 2.05) is 18.5 Å². The molecule has 0 bridgehead atoms. The monoisotopic (exact) mass is 182 g/mol. The van der Waals surface area contributed by atoms with Gasteiger partial charge in [0, 0.05) is 5.69 Å². The van der Waals surface area contributed by atoms with Crippen molar-refractivity contribution in [1.29, 1.82) is 0 Å². The molecule has 0 saturated heterocycles. The van der Waals surface area contributed by atoms with Crippen LogP contribution in [-0.2, 0) is 6.54 Å². The molecule has 0 spiro atoms. The third-order valence-corrected chi connectivity index (χ3v) is 2.28. The fourth-order valence-electron chi connectivity index (χ4n) is 1.31. The van der Waals surface area contributed by atoms with Crippen LogP contribution in [0.1, 0.15) is 30.8 Å². The average molecular weight is 182 g/mol. The van der Waals surface area contributed by atoms with Crippen molar-refractivity contribution in [2.75, 3.05) is 0 Å². The highest BCUT2D eigenvalue weighted by Crippen LogP contribution is 2.14. The maximum atomic E-state index is 9.63. The van der Waals surface area contributed by atoms with Crippen LogP contribution in [0.2, 0.25) is 0 Å². The molecular weight excluding hydrogens is 164 g/mol. The number of aliphatic hydroxyl groups is 1. The van der Waals surface area contributed by atoms with Gasteiger partial charge in [-0.2, -0.15) is 5.10 Å². The van der Waals surface area contributed by atoms with Gasteiger partial charge < -0.3 is 5.11 Å². The van der Waals surface area contributed by atoms with Gasteiger partial charge in [0.1, 0.15) is 0 Å². The standard InChI is InChI=1S/C10H18N2O/c1-7-8(2)11-12(9(7)3)6-10(4,5)13/h13H,6H2,1-5H3. The SMILES string of the molecule is Cc1nn(CC(C)(C)O)c(C)c1C. The Morgan fingerprint density at radius 2 is 1.85 bits per heavy atom. The van der Waals surface area contributed by atoms with Crippen LogP contribution in [-0.4, -0.2) is 20.5 Å². The number of aromatic nitrogens is 2. The van der Waals surface area contributed by atoms with Crippen LogP contribution >= 0.6 is 0 Å². The van der Waals surface area contributed by atoms with E-state index in [0.29, 0.717) is 6.54 Å². The summed E-state index contributed by atoms with van der Waals surface area (Å²) in [7, 11) is 0. The summed E-state index contributed by atoms with van der Waals surface area (Å²) in [5.74, 6) is 0. The second kappa shape index (κ2) is 3.14. The number of aryl methyl sites for hydroxylation is 1. The van der Waals surface area contributed by atoms with Crippen molar-refractivity contribution >= 4 is 0 Å². The molecule has 0 saturated carbocycles. The summed E-state index contributed by atoms with van der Waals surface area (Å²) >= 11 is 0. The fraction of sp³-hybridized carbons (Fsp3) is 0.700. The van der Waals surface area contributed by atoms with Crippen molar-refractivity contribution in [3.8, 4) is 0 Å². The van der Waals surface area contributed by atoms with E-state index >= 15 is 0 Å². The van der Waals surface area contributed by atoms with Crippen LogP contribution in [0.25, 0.3) is 0 Å². The maximum Gasteiger partial charge on any atom is 0.0786 e. The molecule has 3 nitrogen and oxygen atoms in total. The third-order valence-electron chi connectivity index (χ3n) is 2.28. The minimum atomic E-state index is -0.699. The van der Waals surface area contributed by atoms with Crippen molar-refractivity contribution < 1.29 is 5.11 Å². The fourth-order valence-corrected chi connectivity index (χ4v) is 1.31. The largest absolute Gasteiger partial charge is 0.389 e. The summed E-state index contributed by atoms with van der Waals surface area (Å²) in [5, 5.41) is 14.0. The molecule has 1 aromatic rings. The molecular formula is C10H18N2O. The van der Waals surface area contributed by atoms with Crippen molar-refractivity contribution in [3.63, 3.8) is 0 Å². The Bertz CT molecular complexity index is 307. The van der Waals surface area contributed by atoms with Gasteiger partial charge in [-0.05, 0) is 40.2 Å². The van der Waals surface area contributed by atoms with E-state index in [0.717, 1.165) is 11.4 Å². The second-order valence-corrected chi connectivity index (χ2v) is 4.27. The lowest BCUT2D eigenvalue weighted by Crippen LogP contribution is -2.27. The first kappa shape index (κ1) is 10.3. The minimum absolute atomic E-state index is 0.549. The number of nitrogens with zero attached hydrogens (tertiary/aromatic N) is 2. The molecule has 1 rings (SSSR count). The Hall–Kier alpha value is -0.830. The van der Waals surface area contributed by atoms with E-state index < -0.39 is 5.60 Å². The van der Waals surface area contributed by atoms with E-state index in [1.165, 1.54) is 5.56 Å². The molecule has 1 aromatic heterocycles. The molecule has 0 aliphatic rings. The zero-order valence-electron chi connectivity index (χ0n) is 9.05. The number of rotatable bonds is 2. The lowest BCUT2D eigenvalue weighted by Gasteiger charge is -2.17. The quantitative estimate of drug-likeness (QED) is 0.754. The highest BCUT2D eigenvalue weighted by molar-refractivity contribution is 5.22. The Morgan fingerprint density at radius 1 is 1.31 bits per heavy atom. The summed E-state index contributed by atoms with van der Waals surface area (Å²) in [4.78, 5) is 0. The van der Waals surface area contributed by atoms with Gasteiger partial charge in [-0.15, -0.1) is 0 Å². The molecule has 0 unspecified atom stereocenters. The molecule has 1 heterocycles. The first-order valence-electron chi connectivity index (χ1n) is 4.54. The van der Waals surface area contributed by atoms with Crippen LogP contribution in [0, 0.1) is 20.8 Å². The van der Waals surface area contributed by atoms with E-state index in [1.54, 1.807) is 13.8 Å². The molecule has 0 aromatic carbocycles.